The van der Waals surface area contributed by atoms with Crippen molar-refractivity contribution >= 4 is 40.2 Å². The zero-order valence-corrected chi connectivity index (χ0v) is 18.6. The number of benzene rings is 1. The maximum Gasteiger partial charge on any atom is 0.231 e. The number of fused-ring (bicyclic) bond motifs is 3. The molecule has 1 amide bonds. The van der Waals surface area contributed by atoms with Crippen LogP contribution >= 0.6 is 11.6 Å². The fourth-order valence-corrected chi connectivity index (χ4v) is 5.11. The van der Waals surface area contributed by atoms with Crippen molar-refractivity contribution in [2.75, 3.05) is 29.9 Å². The molecule has 0 saturated carbocycles. The van der Waals surface area contributed by atoms with E-state index in [2.05, 4.69) is 19.4 Å². The van der Waals surface area contributed by atoms with Crippen LogP contribution in [0.1, 0.15) is 37.9 Å². The third-order valence-electron chi connectivity index (χ3n) is 6.49. The van der Waals surface area contributed by atoms with Crippen LogP contribution in [0.15, 0.2) is 30.6 Å². The lowest BCUT2D eigenvalue weighted by atomic mass is 9.96. The van der Waals surface area contributed by atoms with Gasteiger partial charge in [-0.05, 0) is 37.8 Å². The molecule has 2 aliphatic heterocycles. The van der Waals surface area contributed by atoms with Crippen molar-refractivity contribution in [1.29, 1.82) is 0 Å². The van der Waals surface area contributed by atoms with Gasteiger partial charge in [0.15, 0.2) is 17.0 Å². The third-order valence-corrected chi connectivity index (χ3v) is 6.81. The lowest BCUT2D eigenvalue weighted by molar-refractivity contribution is -0.122. The number of anilines is 2. The zero-order chi connectivity index (χ0) is 21.4. The molecule has 0 aliphatic carbocycles. The number of amides is 1. The molecule has 1 saturated heterocycles. The van der Waals surface area contributed by atoms with Gasteiger partial charge in [0.25, 0.3) is 0 Å². The summed E-state index contributed by atoms with van der Waals surface area (Å²) in [5.74, 6) is 1.94. The third kappa shape index (κ3) is 3.76. The first-order valence-electron chi connectivity index (χ1n) is 11.1. The summed E-state index contributed by atoms with van der Waals surface area (Å²) in [4.78, 5) is 31.3. The standard InChI is InChI=1S/C23H27ClN6O/c1-28(18-10-5-4-9-17(18)24)23(31)16-8-7-12-29(14-16)21-20-22(26-15-25-21)30-13-6-2-3-11-19(30)27-20/h4-5,9-10,15-16H,2-3,6-8,11-14H2,1H3/t16-/m1/s1. The second kappa shape index (κ2) is 8.46. The maximum absolute atomic E-state index is 13.3. The second-order valence-corrected chi connectivity index (χ2v) is 8.90. The molecular weight excluding hydrogens is 412 g/mol. The Balaban J connectivity index is 1.41. The smallest absolute Gasteiger partial charge is 0.231 e. The van der Waals surface area contributed by atoms with Crippen molar-refractivity contribution in [1.82, 2.24) is 19.5 Å². The molecule has 0 bridgehead atoms. The predicted molar refractivity (Wildman–Crippen MR) is 123 cm³/mol. The quantitative estimate of drug-likeness (QED) is 0.616. The summed E-state index contributed by atoms with van der Waals surface area (Å²) in [7, 11) is 1.80. The minimum Gasteiger partial charge on any atom is -0.354 e. The number of carbonyl (C=O) groups is 1. The molecule has 4 heterocycles. The zero-order valence-electron chi connectivity index (χ0n) is 17.8. The van der Waals surface area contributed by atoms with E-state index in [1.807, 2.05) is 24.3 Å². The fourth-order valence-electron chi connectivity index (χ4n) is 4.84. The van der Waals surface area contributed by atoms with E-state index in [1.54, 1.807) is 18.3 Å². The van der Waals surface area contributed by atoms with Crippen LogP contribution in [0, 0.1) is 5.92 Å². The van der Waals surface area contributed by atoms with Gasteiger partial charge in [-0.15, -0.1) is 0 Å². The van der Waals surface area contributed by atoms with Gasteiger partial charge in [0, 0.05) is 33.1 Å². The highest BCUT2D eigenvalue weighted by Crippen LogP contribution is 2.31. The van der Waals surface area contributed by atoms with Crippen molar-refractivity contribution in [3.05, 3.63) is 41.4 Å². The Hall–Kier alpha value is -2.67. The SMILES string of the molecule is CN(C(=O)[C@@H]1CCCN(c2ncnc3c2nc2n3CCCCC2)C1)c1ccccc1Cl. The summed E-state index contributed by atoms with van der Waals surface area (Å²) in [5.41, 5.74) is 2.53. The molecule has 31 heavy (non-hydrogen) atoms. The highest BCUT2D eigenvalue weighted by molar-refractivity contribution is 6.33. The Morgan fingerprint density at radius 2 is 2.00 bits per heavy atom. The first-order valence-corrected chi connectivity index (χ1v) is 11.5. The number of hydrogen-bond donors (Lipinski definition) is 0. The lowest BCUT2D eigenvalue weighted by Crippen LogP contribution is -2.44. The number of hydrogen-bond acceptors (Lipinski definition) is 5. The van der Waals surface area contributed by atoms with Gasteiger partial charge in [-0.1, -0.05) is 30.2 Å². The molecule has 2 aliphatic rings. The van der Waals surface area contributed by atoms with Gasteiger partial charge in [0.05, 0.1) is 16.6 Å². The summed E-state index contributed by atoms with van der Waals surface area (Å²) in [5, 5.41) is 0.586. The normalized spacial score (nSPS) is 19.2. The molecule has 1 aromatic carbocycles. The summed E-state index contributed by atoms with van der Waals surface area (Å²) < 4.78 is 2.26. The summed E-state index contributed by atoms with van der Waals surface area (Å²) in [6.07, 6.45) is 7.98. The van der Waals surface area contributed by atoms with Gasteiger partial charge in [0.1, 0.15) is 12.2 Å². The first-order chi connectivity index (χ1) is 15.1. The molecule has 1 atom stereocenters. The lowest BCUT2D eigenvalue weighted by Gasteiger charge is -2.34. The van der Waals surface area contributed by atoms with Crippen LogP contribution in [0.25, 0.3) is 11.2 Å². The van der Waals surface area contributed by atoms with E-state index in [1.165, 1.54) is 12.8 Å². The Bertz CT molecular complexity index is 1110. The highest BCUT2D eigenvalue weighted by atomic mass is 35.5. The van der Waals surface area contributed by atoms with E-state index in [4.69, 9.17) is 16.6 Å². The van der Waals surface area contributed by atoms with Crippen molar-refractivity contribution in [3.8, 4) is 0 Å². The van der Waals surface area contributed by atoms with E-state index in [0.29, 0.717) is 11.6 Å². The molecule has 2 aromatic heterocycles. The fraction of sp³-hybridized carbons (Fsp3) is 0.478. The van der Waals surface area contributed by atoms with Gasteiger partial charge < -0.3 is 14.4 Å². The Morgan fingerprint density at radius 3 is 2.87 bits per heavy atom. The van der Waals surface area contributed by atoms with Gasteiger partial charge in [-0.3, -0.25) is 4.79 Å². The molecule has 8 heteroatoms. The molecule has 0 N–H and O–H groups in total. The number of piperidine rings is 1. The number of carbonyl (C=O) groups excluding carboxylic acids is 1. The molecule has 0 radical (unpaired) electrons. The molecule has 3 aromatic rings. The van der Waals surface area contributed by atoms with Crippen LogP contribution in [-0.2, 0) is 17.8 Å². The van der Waals surface area contributed by atoms with Crippen LogP contribution in [0.3, 0.4) is 0 Å². The van der Waals surface area contributed by atoms with Crippen LogP contribution < -0.4 is 9.80 Å². The van der Waals surface area contributed by atoms with Crippen molar-refractivity contribution in [3.63, 3.8) is 0 Å². The van der Waals surface area contributed by atoms with Gasteiger partial charge in [-0.25, -0.2) is 15.0 Å². The number of rotatable bonds is 3. The molecule has 5 rings (SSSR count). The van der Waals surface area contributed by atoms with E-state index >= 15 is 0 Å². The minimum absolute atomic E-state index is 0.0868. The molecular formula is C23H27ClN6O. The minimum atomic E-state index is -0.111. The summed E-state index contributed by atoms with van der Waals surface area (Å²) in [6, 6.07) is 7.47. The second-order valence-electron chi connectivity index (χ2n) is 8.49. The number of imidazole rings is 1. The predicted octanol–water partition coefficient (Wildman–Crippen LogP) is 4.09. The monoisotopic (exact) mass is 438 g/mol. The van der Waals surface area contributed by atoms with Crippen LogP contribution in [0.2, 0.25) is 5.02 Å². The Kier molecular flexibility index (Phi) is 5.52. The number of halogens is 1. The van der Waals surface area contributed by atoms with Crippen LogP contribution in [0.5, 0.6) is 0 Å². The van der Waals surface area contributed by atoms with Crippen molar-refractivity contribution < 1.29 is 4.79 Å². The topological polar surface area (TPSA) is 67.2 Å². The molecule has 162 valence electrons. The van der Waals surface area contributed by atoms with Crippen molar-refractivity contribution in [2.45, 2.75) is 45.1 Å². The van der Waals surface area contributed by atoms with Crippen LogP contribution in [-0.4, -0.2) is 45.6 Å². The Labute approximate surface area is 187 Å². The number of nitrogens with zero attached hydrogens (tertiary/aromatic N) is 6. The number of para-hydroxylation sites is 1. The first kappa shape index (κ1) is 20.2. The van der Waals surface area contributed by atoms with E-state index in [0.717, 1.165) is 67.3 Å². The van der Waals surface area contributed by atoms with Gasteiger partial charge in [0.2, 0.25) is 5.91 Å². The summed E-state index contributed by atoms with van der Waals surface area (Å²) in [6.45, 7) is 2.46. The highest BCUT2D eigenvalue weighted by Gasteiger charge is 2.31. The maximum atomic E-state index is 13.3. The van der Waals surface area contributed by atoms with E-state index in [9.17, 15) is 4.79 Å². The van der Waals surface area contributed by atoms with Crippen molar-refractivity contribution in [2.24, 2.45) is 5.92 Å². The molecule has 7 nitrogen and oxygen atoms in total. The molecule has 1 fully saturated rings. The number of aryl methyl sites for hydroxylation is 2. The summed E-state index contributed by atoms with van der Waals surface area (Å²) >= 11 is 6.32. The average Bonchev–Trinajstić information content (AvgIpc) is 2.99. The van der Waals surface area contributed by atoms with E-state index in [-0.39, 0.29) is 11.8 Å². The Morgan fingerprint density at radius 1 is 1.13 bits per heavy atom. The van der Waals surface area contributed by atoms with E-state index < -0.39 is 0 Å². The average molecular weight is 439 g/mol. The number of aromatic nitrogens is 4. The van der Waals surface area contributed by atoms with Gasteiger partial charge in [-0.2, -0.15) is 0 Å². The molecule has 0 spiro atoms. The molecule has 0 unspecified atom stereocenters. The van der Waals surface area contributed by atoms with Gasteiger partial charge >= 0.3 is 0 Å². The largest absolute Gasteiger partial charge is 0.354 e. The van der Waals surface area contributed by atoms with Crippen LogP contribution in [0.4, 0.5) is 11.5 Å².